The lowest BCUT2D eigenvalue weighted by molar-refractivity contribution is 1.45. The SMILES string of the molecule is Cc1ccc(/C(=C/C#Cc2ccccc2)c2ccccc2)cc1. The first-order chi connectivity index (χ1) is 11.3. The van der Waals surface area contributed by atoms with Crippen LogP contribution in [-0.4, -0.2) is 0 Å². The third-order valence-corrected chi connectivity index (χ3v) is 3.65. The van der Waals surface area contributed by atoms with E-state index in [0.29, 0.717) is 0 Å². The fourth-order valence-corrected chi connectivity index (χ4v) is 2.40. The van der Waals surface area contributed by atoms with Crippen molar-refractivity contribution in [1.29, 1.82) is 0 Å². The van der Waals surface area contributed by atoms with Gasteiger partial charge in [0.1, 0.15) is 0 Å². The van der Waals surface area contributed by atoms with E-state index in [0.717, 1.165) is 11.1 Å². The molecule has 0 aliphatic rings. The first-order valence-electron chi connectivity index (χ1n) is 7.72. The lowest BCUT2D eigenvalue weighted by Crippen LogP contribution is -1.88. The van der Waals surface area contributed by atoms with Crippen molar-refractivity contribution >= 4 is 5.57 Å². The van der Waals surface area contributed by atoms with Gasteiger partial charge in [0.15, 0.2) is 0 Å². The second-order valence-electron chi connectivity index (χ2n) is 5.43. The molecule has 0 unspecified atom stereocenters. The Labute approximate surface area is 138 Å². The van der Waals surface area contributed by atoms with Gasteiger partial charge in [-0.2, -0.15) is 0 Å². The summed E-state index contributed by atoms with van der Waals surface area (Å²) in [6, 6.07) is 29.0. The molecular weight excluding hydrogens is 276 g/mol. The summed E-state index contributed by atoms with van der Waals surface area (Å²) in [6.07, 6.45) is 2.01. The van der Waals surface area contributed by atoms with E-state index in [-0.39, 0.29) is 0 Å². The first kappa shape index (κ1) is 14.9. The van der Waals surface area contributed by atoms with Crippen molar-refractivity contribution in [2.45, 2.75) is 6.92 Å². The van der Waals surface area contributed by atoms with Crippen LogP contribution in [0.2, 0.25) is 0 Å². The molecule has 0 radical (unpaired) electrons. The zero-order valence-corrected chi connectivity index (χ0v) is 13.2. The molecule has 0 heterocycles. The molecular formula is C23H18. The molecule has 3 aromatic rings. The Hall–Kier alpha value is -3.04. The summed E-state index contributed by atoms with van der Waals surface area (Å²) in [6.45, 7) is 2.10. The van der Waals surface area contributed by atoms with E-state index in [9.17, 15) is 0 Å². The van der Waals surface area contributed by atoms with Crippen LogP contribution >= 0.6 is 0 Å². The van der Waals surface area contributed by atoms with Crippen LogP contribution in [-0.2, 0) is 0 Å². The van der Waals surface area contributed by atoms with E-state index in [1.54, 1.807) is 0 Å². The van der Waals surface area contributed by atoms with Gasteiger partial charge in [-0.15, -0.1) is 0 Å². The summed E-state index contributed by atoms with van der Waals surface area (Å²) < 4.78 is 0. The summed E-state index contributed by atoms with van der Waals surface area (Å²) in [4.78, 5) is 0. The summed E-state index contributed by atoms with van der Waals surface area (Å²) in [5, 5.41) is 0. The molecule has 3 aromatic carbocycles. The van der Waals surface area contributed by atoms with Crippen molar-refractivity contribution in [2.24, 2.45) is 0 Å². The quantitative estimate of drug-likeness (QED) is 0.549. The van der Waals surface area contributed by atoms with Crippen LogP contribution in [0.1, 0.15) is 22.3 Å². The molecule has 0 amide bonds. The number of hydrogen-bond acceptors (Lipinski definition) is 0. The zero-order chi connectivity index (χ0) is 15.9. The molecule has 0 saturated heterocycles. The molecule has 3 rings (SSSR count). The third-order valence-electron chi connectivity index (χ3n) is 3.65. The summed E-state index contributed by atoms with van der Waals surface area (Å²) in [5.41, 5.74) is 5.80. The van der Waals surface area contributed by atoms with E-state index >= 15 is 0 Å². The Balaban J connectivity index is 2.00. The Morgan fingerprint density at radius 3 is 1.91 bits per heavy atom. The predicted octanol–water partition coefficient (Wildman–Crippen LogP) is 5.48. The van der Waals surface area contributed by atoms with Crippen molar-refractivity contribution in [3.63, 3.8) is 0 Å². The molecule has 110 valence electrons. The van der Waals surface area contributed by atoms with Crippen molar-refractivity contribution < 1.29 is 0 Å². The Kier molecular flexibility index (Phi) is 4.72. The number of aryl methyl sites for hydroxylation is 1. The van der Waals surface area contributed by atoms with Crippen LogP contribution in [0.25, 0.3) is 5.57 Å². The average Bonchev–Trinajstić information content (AvgIpc) is 2.61. The number of allylic oxidation sites excluding steroid dienone is 1. The molecule has 0 fully saturated rings. The highest BCUT2D eigenvalue weighted by molar-refractivity contribution is 5.81. The summed E-state index contributed by atoms with van der Waals surface area (Å²) >= 11 is 0. The second kappa shape index (κ2) is 7.29. The smallest absolute Gasteiger partial charge is 0.0248 e. The lowest BCUT2D eigenvalue weighted by atomic mass is 9.97. The van der Waals surface area contributed by atoms with E-state index in [2.05, 4.69) is 67.3 Å². The zero-order valence-electron chi connectivity index (χ0n) is 13.2. The maximum Gasteiger partial charge on any atom is 0.0248 e. The minimum Gasteiger partial charge on any atom is -0.0689 e. The molecule has 23 heavy (non-hydrogen) atoms. The van der Waals surface area contributed by atoms with Crippen molar-refractivity contribution in [1.82, 2.24) is 0 Å². The summed E-state index contributed by atoms with van der Waals surface area (Å²) in [5.74, 6) is 6.40. The van der Waals surface area contributed by atoms with Crippen molar-refractivity contribution in [3.05, 3.63) is 113 Å². The van der Waals surface area contributed by atoms with Gasteiger partial charge in [-0.1, -0.05) is 90.2 Å². The monoisotopic (exact) mass is 294 g/mol. The maximum atomic E-state index is 3.20. The molecule has 0 aliphatic carbocycles. The Morgan fingerprint density at radius 1 is 0.696 bits per heavy atom. The van der Waals surface area contributed by atoms with Crippen LogP contribution < -0.4 is 0 Å². The molecule has 0 N–H and O–H groups in total. The van der Waals surface area contributed by atoms with Gasteiger partial charge < -0.3 is 0 Å². The Morgan fingerprint density at radius 2 is 1.26 bits per heavy atom. The van der Waals surface area contributed by atoms with Gasteiger partial charge in [0.05, 0.1) is 0 Å². The molecule has 0 atom stereocenters. The topological polar surface area (TPSA) is 0 Å². The molecule has 0 nitrogen and oxygen atoms in total. The fraction of sp³-hybridized carbons (Fsp3) is 0.0435. The second-order valence-corrected chi connectivity index (χ2v) is 5.43. The van der Waals surface area contributed by atoms with E-state index in [1.807, 2.05) is 42.5 Å². The van der Waals surface area contributed by atoms with Crippen LogP contribution in [0.3, 0.4) is 0 Å². The van der Waals surface area contributed by atoms with Crippen LogP contribution in [0, 0.1) is 18.8 Å². The molecule has 0 spiro atoms. The highest BCUT2D eigenvalue weighted by Gasteiger charge is 2.03. The van der Waals surface area contributed by atoms with E-state index in [4.69, 9.17) is 0 Å². The minimum absolute atomic E-state index is 1.03. The van der Waals surface area contributed by atoms with E-state index in [1.165, 1.54) is 16.7 Å². The molecule has 0 aromatic heterocycles. The normalized spacial score (nSPS) is 10.7. The van der Waals surface area contributed by atoms with Gasteiger partial charge in [-0.3, -0.25) is 0 Å². The lowest BCUT2D eigenvalue weighted by Gasteiger charge is -2.07. The molecule has 0 saturated carbocycles. The van der Waals surface area contributed by atoms with Gasteiger partial charge in [0.25, 0.3) is 0 Å². The predicted molar refractivity (Wildman–Crippen MR) is 98.0 cm³/mol. The number of rotatable bonds is 2. The molecule has 0 bridgehead atoms. The fourth-order valence-electron chi connectivity index (χ4n) is 2.40. The molecule has 0 heteroatoms. The Bertz CT molecular complexity index is 843. The number of benzene rings is 3. The van der Waals surface area contributed by atoms with Gasteiger partial charge in [0, 0.05) is 5.56 Å². The van der Waals surface area contributed by atoms with Gasteiger partial charge in [-0.05, 0) is 41.8 Å². The highest BCUT2D eigenvalue weighted by Crippen LogP contribution is 2.23. The van der Waals surface area contributed by atoms with Crippen LogP contribution in [0.4, 0.5) is 0 Å². The maximum absolute atomic E-state index is 3.20. The van der Waals surface area contributed by atoms with Crippen molar-refractivity contribution in [3.8, 4) is 11.8 Å². The standard InChI is InChI=1S/C23H18/c1-19-15-17-22(18-16-19)23(21-12-6-3-7-13-21)14-8-11-20-9-4-2-5-10-20/h2-7,9-10,12-18H,1H3/b23-14+. The molecule has 0 aliphatic heterocycles. The number of hydrogen-bond donors (Lipinski definition) is 0. The largest absolute Gasteiger partial charge is 0.0689 e. The third kappa shape index (κ3) is 3.99. The average molecular weight is 294 g/mol. The minimum atomic E-state index is 1.03. The van der Waals surface area contributed by atoms with Crippen LogP contribution in [0.5, 0.6) is 0 Å². The van der Waals surface area contributed by atoms with Gasteiger partial charge >= 0.3 is 0 Å². The van der Waals surface area contributed by atoms with Crippen LogP contribution in [0.15, 0.2) is 91.0 Å². The highest BCUT2D eigenvalue weighted by atomic mass is 14.1. The van der Waals surface area contributed by atoms with Gasteiger partial charge in [-0.25, -0.2) is 0 Å². The van der Waals surface area contributed by atoms with Gasteiger partial charge in [0.2, 0.25) is 0 Å². The first-order valence-corrected chi connectivity index (χ1v) is 7.72. The van der Waals surface area contributed by atoms with E-state index < -0.39 is 0 Å². The van der Waals surface area contributed by atoms with Crippen molar-refractivity contribution in [2.75, 3.05) is 0 Å². The summed E-state index contributed by atoms with van der Waals surface area (Å²) in [7, 11) is 0.